The molecule has 2 amide bonds. The van der Waals surface area contributed by atoms with Gasteiger partial charge < -0.3 is 29.8 Å². The lowest BCUT2D eigenvalue weighted by Gasteiger charge is -2.20. The normalized spacial score (nSPS) is 11.4. The fourth-order valence-corrected chi connectivity index (χ4v) is 3.66. The van der Waals surface area contributed by atoms with E-state index in [4.69, 9.17) is 9.47 Å². The van der Waals surface area contributed by atoms with E-state index < -0.39 is 23.6 Å². The van der Waals surface area contributed by atoms with Gasteiger partial charge in [0.1, 0.15) is 11.5 Å². The van der Waals surface area contributed by atoms with Crippen molar-refractivity contribution >= 4 is 17.7 Å². The molecule has 0 saturated heterocycles. The molecule has 2 aromatic carbocycles. The predicted octanol–water partition coefficient (Wildman–Crippen LogP) is 3.89. The zero-order valence-corrected chi connectivity index (χ0v) is 20.1. The Labute approximate surface area is 203 Å². The number of aryl methyl sites for hydroxylation is 2. The number of carbonyl (C=O) groups is 2. The molecule has 184 valence electrons. The molecule has 0 spiro atoms. The first-order valence-corrected chi connectivity index (χ1v) is 11.1. The quantitative estimate of drug-likeness (QED) is 0.422. The summed E-state index contributed by atoms with van der Waals surface area (Å²) in [6.07, 6.45) is 1.35. The molecule has 1 heterocycles. The number of nitrogens with one attached hydrogen (secondary N) is 2. The van der Waals surface area contributed by atoms with E-state index >= 15 is 0 Å². The van der Waals surface area contributed by atoms with Gasteiger partial charge in [-0.2, -0.15) is 0 Å². The highest BCUT2D eigenvalue weighted by molar-refractivity contribution is 5.91. The lowest BCUT2D eigenvalue weighted by atomic mass is 9.98. The average Bonchev–Trinajstić information content (AvgIpc) is 2.85. The largest absolute Gasteiger partial charge is 0.505 e. The smallest absolute Gasteiger partial charge is 0.319 e. The Kier molecular flexibility index (Phi) is 8.14. The van der Waals surface area contributed by atoms with Crippen LogP contribution >= 0.6 is 0 Å². The number of esters is 1. The summed E-state index contributed by atoms with van der Waals surface area (Å²) in [4.78, 5) is 37.5. The Hall–Kier alpha value is -4.27. The number of rotatable bonds is 8. The van der Waals surface area contributed by atoms with Crippen LogP contribution in [0.15, 0.2) is 59.5 Å². The molecule has 3 rings (SSSR count). The summed E-state index contributed by atoms with van der Waals surface area (Å²) in [5.74, 6) is -0.0670. The van der Waals surface area contributed by atoms with Crippen molar-refractivity contribution in [2.75, 3.05) is 19.0 Å². The number of anilines is 1. The molecule has 1 aromatic heterocycles. The lowest BCUT2D eigenvalue weighted by molar-refractivity contribution is -0.143. The van der Waals surface area contributed by atoms with Crippen LogP contribution in [0.3, 0.4) is 0 Å². The number of carbonyl (C=O) groups excluding carboxylic acids is 2. The van der Waals surface area contributed by atoms with Crippen molar-refractivity contribution in [1.82, 2.24) is 9.88 Å². The van der Waals surface area contributed by atoms with Crippen LogP contribution in [0.4, 0.5) is 10.5 Å². The van der Waals surface area contributed by atoms with Crippen LogP contribution < -0.4 is 20.9 Å². The summed E-state index contributed by atoms with van der Waals surface area (Å²) < 4.78 is 11.6. The zero-order valence-electron chi connectivity index (χ0n) is 20.1. The maximum atomic E-state index is 12.8. The maximum absolute atomic E-state index is 12.8. The third-order valence-electron chi connectivity index (χ3n) is 5.46. The molecule has 0 aliphatic carbocycles. The Bertz CT molecular complexity index is 1270. The van der Waals surface area contributed by atoms with Crippen LogP contribution in [0.1, 0.15) is 30.5 Å². The molecule has 0 bridgehead atoms. The van der Waals surface area contributed by atoms with Crippen molar-refractivity contribution < 1.29 is 24.2 Å². The van der Waals surface area contributed by atoms with Crippen molar-refractivity contribution in [2.24, 2.45) is 7.05 Å². The van der Waals surface area contributed by atoms with E-state index in [0.29, 0.717) is 11.1 Å². The second kappa shape index (κ2) is 11.2. The van der Waals surface area contributed by atoms with E-state index in [2.05, 4.69) is 10.6 Å². The van der Waals surface area contributed by atoms with Crippen LogP contribution in [-0.4, -0.2) is 35.4 Å². The monoisotopic (exact) mass is 479 g/mol. The first-order valence-electron chi connectivity index (χ1n) is 11.1. The Morgan fingerprint density at radius 1 is 1.11 bits per heavy atom. The predicted molar refractivity (Wildman–Crippen MR) is 133 cm³/mol. The van der Waals surface area contributed by atoms with Gasteiger partial charge in [0.2, 0.25) is 0 Å². The van der Waals surface area contributed by atoms with E-state index in [-0.39, 0.29) is 24.5 Å². The summed E-state index contributed by atoms with van der Waals surface area (Å²) in [5.41, 5.74) is 2.10. The van der Waals surface area contributed by atoms with E-state index in [1.165, 1.54) is 17.8 Å². The van der Waals surface area contributed by atoms with E-state index in [1.54, 1.807) is 27.0 Å². The molecular weight excluding hydrogens is 450 g/mol. The molecular formula is C26H29N3O6. The molecule has 9 heteroatoms. The van der Waals surface area contributed by atoms with Crippen LogP contribution in [0.5, 0.6) is 11.5 Å². The Morgan fingerprint density at radius 2 is 1.83 bits per heavy atom. The van der Waals surface area contributed by atoms with Gasteiger partial charge in [-0.3, -0.25) is 9.59 Å². The fourth-order valence-electron chi connectivity index (χ4n) is 3.66. The number of hydrogen-bond acceptors (Lipinski definition) is 6. The summed E-state index contributed by atoms with van der Waals surface area (Å²) in [7, 11) is 3.12. The van der Waals surface area contributed by atoms with E-state index in [1.807, 2.05) is 42.5 Å². The number of pyridine rings is 1. The molecule has 1 atom stereocenters. The third-order valence-corrected chi connectivity index (χ3v) is 5.46. The SMILES string of the molecule is CCOC(=O)C[C@H](NC(=O)Nc1c(O)c(C)cn(C)c1=O)c1cccc(-c2ccc(OC)cc2)c1. The number of ether oxygens (including phenoxy) is 2. The van der Waals surface area contributed by atoms with Crippen molar-refractivity contribution in [3.63, 3.8) is 0 Å². The summed E-state index contributed by atoms with van der Waals surface area (Å²) in [5, 5.41) is 15.4. The number of hydrogen-bond donors (Lipinski definition) is 3. The van der Waals surface area contributed by atoms with Gasteiger partial charge in [0.15, 0.2) is 5.69 Å². The minimum atomic E-state index is -0.747. The molecule has 3 aromatic rings. The van der Waals surface area contributed by atoms with Crippen molar-refractivity contribution in [2.45, 2.75) is 26.3 Å². The van der Waals surface area contributed by atoms with Crippen LogP contribution in [0.25, 0.3) is 11.1 Å². The van der Waals surface area contributed by atoms with E-state index in [0.717, 1.165) is 16.9 Å². The van der Waals surface area contributed by atoms with Gasteiger partial charge in [0, 0.05) is 18.8 Å². The molecule has 0 aliphatic rings. The van der Waals surface area contributed by atoms with Gasteiger partial charge >= 0.3 is 12.0 Å². The third kappa shape index (κ3) is 6.20. The van der Waals surface area contributed by atoms with Gasteiger partial charge in [0.25, 0.3) is 5.56 Å². The molecule has 9 nitrogen and oxygen atoms in total. The number of aromatic hydroxyl groups is 1. The second-order valence-electron chi connectivity index (χ2n) is 7.97. The highest BCUT2D eigenvalue weighted by atomic mass is 16.5. The van der Waals surface area contributed by atoms with Crippen molar-refractivity contribution in [3.05, 3.63) is 76.2 Å². The molecule has 0 radical (unpaired) electrons. The highest BCUT2D eigenvalue weighted by Crippen LogP contribution is 2.27. The first-order chi connectivity index (χ1) is 16.7. The van der Waals surface area contributed by atoms with Crippen LogP contribution in [0.2, 0.25) is 0 Å². The number of methoxy groups -OCH3 is 1. The zero-order chi connectivity index (χ0) is 25.5. The van der Waals surface area contributed by atoms with Gasteiger partial charge in [-0.15, -0.1) is 0 Å². The minimum Gasteiger partial charge on any atom is -0.505 e. The lowest BCUT2D eigenvalue weighted by Crippen LogP contribution is -2.36. The van der Waals surface area contributed by atoms with Gasteiger partial charge in [-0.1, -0.05) is 30.3 Å². The fraction of sp³-hybridized carbons (Fsp3) is 0.269. The summed E-state index contributed by atoms with van der Waals surface area (Å²) in [6.45, 7) is 3.52. The average molecular weight is 480 g/mol. The molecule has 0 aliphatic heterocycles. The van der Waals surface area contributed by atoms with Crippen molar-refractivity contribution in [1.29, 1.82) is 0 Å². The highest BCUT2D eigenvalue weighted by Gasteiger charge is 2.22. The molecule has 3 N–H and O–H groups in total. The van der Waals surface area contributed by atoms with Gasteiger partial charge in [0.05, 0.1) is 26.2 Å². The Morgan fingerprint density at radius 3 is 2.49 bits per heavy atom. The standard InChI is InChI=1S/C26H29N3O6/c1-5-35-22(30)14-21(27-26(33)28-23-24(31)16(2)15-29(3)25(23)32)19-8-6-7-18(13-19)17-9-11-20(34-4)12-10-17/h6-13,15,21,31H,5,14H2,1-4H3,(H2,27,28,33)/t21-/m0/s1. The number of amides is 2. The van der Waals surface area contributed by atoms with Crippen LogP contribution in [-0.2, 0) is 16.6 Å². The number of benzene rings is 2. The summed E-state index contributed by atoms with van der Waals surface area (Å²) >= 11 is 0. The summed E-state index contributed by atoms with van der Waals surface area (Å²) in [6, 6.07) is 13.4. The molecule has 0 fully saturated rings. The van der Waals surface area contributed by atoms with Gasteiger partial charge in [-0.05, 0) is 48.7 Å². The topological polar surface area (TPSA) is 119 Å². The minimum absolute atomic E-state index is 0.120. The van der Waals surface area contributed by atoms with Gasteiger partial charge in [-0.25, -0.2) is 4.79 Å². The Balaban J connectivity index is 1.89. The van der Waals surface area contributed by atoms with Crippen LogP contribution in [0, 0.1) is 6.92 Å². The second-order valence-corrected chi connectivity index (χ2v) is 7.97. The number of nitrogens with zero attached hydrogens (tertiary/aromatic N) is 1. The first kappa shape index (κ1) is 25.4. The molecule has 35 heavy (non-hydrogen) atoms. The van der Waals surface area contributed by atoms with Crippen molar-refractivity contribution in [3.8, 4) is 22.6 Å². The number of aromatic nitrogens is 1. The molecule has 0 saturated carbocycles. The van der Waals surface area contributed by atoms with E-state index in [9.17, 15) is 19.5 Å². The number of urea groups is 1. The molecule has 0 unspecified atom stereocenters. The maximum Gasteiger partial charge on any atom is 0.319 e.